The van der Waals surface area contributed by atoms with E-state index in [0.29, 0.717) is 19.5 Å². The molecular weight excluding hydrogens is 398 g/mol. The first-order chi connectivity index (χ1) is 14.6. The lowest BCUT2D eigenvalue weighted by molar-refractivity contribution is -0.130. The molecule has 3 heterocycles. The van der Waals surface area contributed by atoms with E-state index in [2.05, 4.69) is 32.3 Å². The number of thiazole rings is 1. The summed E-state index contributed by atoms with van der Waals surface area (Å²) in [5, 5.41) is 5.89. The number of aromatic nitrogens is 2. The molecule has 1 fully saturated rings. The van der Waals surface area contributed by atoms with Crippen molar-refractivity contribution in [3.05, 3.63) is 59.2 Å². The molecule has 1 aliphatic heterocycles. The first-order valence-electron chi connectivity index (χ1n) is 9.91. The Labute approximate surface area is 180 Å². The number of aryl methyl sites for hydroxylation is 1. The van der Waals surface area contributed by atoms with Gasteiger partial charge >= 0.3 is 0 Å². The predicted octanol–water partition coefficient (Wildman–Crippen LogP) is 3.49. The van der Waals surface area contributed by atoms with Gasteiger partial charge in [-0.2, -0.15) is 0 Å². The lowest BCUT2D eigenvalue weighted by Gasteiger charge is -2.36. The number of piperazine rings is 1. The van der Waals surface area contributed by atoms with Crippen LogP contribution in [0, 0.1) is 6.92 Å². The van der Waals surface area contributed by atoms with E-state index in [-0.39, 0.29) is 5.91 Å². The number of nitrogens with one attached hydrogen (secondary N) is 1. The first kappa shape index (κ1) is 20.2. The van der Waals surface area contributed by atoms with Crippen LogP contribution in [-0.2, 0) is 11.2 Å². The van der Waals surface area contributed by atoms with Crippen LogP contribution in [0.2, 0.25) is 0 Å². The average Bonchev–Trinajstić information content (AvgIpc) is 3.20. The SMILES string of the molecule is COc1ccc(N2CCN(C(=O)Cc3csc(Nc4cc(C)ccn4)n3)CC2)cc1. The number of nitrogens with zero attached hydrogens (tertiary/aromatic N) is 4. The predicted molar refractivity (Wildman–Crippen MR) is 120 cm³/mol. The molecule has 0 aliphatic carbocycles. The maximum atomic E-state index is 12.7. The van der Waals surface area contributed by atoms with Crippen molar-refractivity contribution in [2.75, 3.05) is 43.5 Å². The number of methoxy groups -OCH3 is 1. The molecule has 1 aromatic carbocycles. The van der Waals surface area contributed by atoms with Crippen molar-refractivity contribution in [2.24, 2.45) is 0 Å². The average molecular weight is 424 g/mol. The maximum absolute atomic E-state index is 12.7. The van der Waals surface area contributed by atoms with Crippen LogP contribution in [0.25, 0.3) is 0 Å². The van der Waals surface area contributed by atoms with E-state index in [1.165, 1.54) is 11.3 Å². The Hall–Kier alpha value is -3.13. The van der Waals surface area contributed by atoms with Gasteiger partial charge in [-0.3, -0.25) is 4.79 Å². The van der Waals surface area contributed by atoms with E-state index in [1.54, 1.807) is 13.3 Å². The van der Waals surface area contributed by atoms with Gasteiger partial charge in [0.25, 0.3) is 0 Å². The number of benzene rings is 1. The van der Waals surface area contributed by atoms with Crippen molar-refractivity contribution in [2.45, 2.75) is 13.3 Å². The highest BCUT2D eigenvalue weighted by atomic mass is 32.1. The Kier molecular flexibility index (Phi) is 6.13. The van der Waals surface area contributed by atoms with E-state index in [1.807, 2.05) is 41.5 Å². The second-order valence-corrected chi connectivity index (χ2v) is 8.09. The summed E-state index contributed by atoms with van der Waals surface area (Å²) in [4.78, 5) is 25.8. The number of carbonyl (C=O) groups excluding carboxylic acids is 1. The zero-order chi connectivity index (χ0) is 20.9. The van der Waals surface area contributed by atoms with Crippen molar-refractivity contribution >= 4 is 33.9 Å². The smallest absolute Gasteiger partial charge is 0.228 e. The molecular formula is C22H25N5O2S. The molecule has 0 atom stereocenters. The third-order valence-corrected chi connectivity index (χ3v) is 5.91. The number of ether oxygens (including phenoxy) is 1. The minimum absolute atomic E-state index is 0.120. The van der Waals surface area contributed by atoms with Gasteiger partial charge in [0.1, 0.15) is 11.6 Å². The summed E-state index contributed by atoms with van der Waals surface area (Å²) in [6.45, 7) is 5.09. The number of amides is 1. The van der Waals surface area contributed by atoms with Gasteiger partial charge in [-0.05, 0) is 48.9 Å². The molecule has 1 saturated heterocycles. The number of pyridine rings is 1. The summed E-state index contributed by atoms with van der Waals surface area (Å²) in [6, 6.07) is 12.0. The molecule has 2 aromatic heterocycles. The topological polar surface area (TPSA) is 70.6 Å². The van der Waals surface area contributed by atoms with Crippen LogP contribution in [0.5, 0.6) is 5.75 Å². The summed E-state index contributed by atoms with van der Waals surface area (Å²) < 4.78 is 5.22. The molecule has 8 heteroatoms. The van der Waals surface area contributed by atoms with E-state index in [9.17, 15) is 4.79 Å². The molecule has 0 radical (unpaired) electrons. The van der Waals surface area contributed by atoms with Gasteiger partial charge in [-0.1, -0.05) is 0 Å². The van der Waals surface area contributed by atoms with Gasteiger partial charge in [0, 0.05) is 43.4 Å². The molecule has 0 spiro atoms. The summed E-state index contributed by atoms with van der Waals surface area (Å²) in [5.41, 5.74) is 3.08. The monoisotopic (exact) mass is 423 g/mol. The number of hydrogen-bond acceptors (Lipinski definition) is 7. The van der Waals surface area contributed by atoms with Crippen LogP contribution in [0.4, 0.5) is 16.6 Å². The van der Waals surface area contributed by atoms with Crippen molar-refractivity contribution in [1.82, 2.24) is 14.9 Å². The lowest BCUT2D eigenvalue weighted by atomic mass is 10.2. The van der Waals surface area contributed by atoms with Crippen LogP contribution in [0.15, 0.2) is 48.0 Å². The van der Waals surface area contributed by atoms with Gasteiger partial charge in [0.2, 0.25) is 5.91 Å². The van der Waals surface area contributed by atoms with Crippen molar-refractivity contribution in [1.29, 1.82) is 0 Å². The van der Waals surface area contributed by atoms with Crippen molar-refractivity contribution < 1.29 is 9.53 Å². The summed E-state index contributed by atoms with van der Waals surface area (Å²) in [5.74, 6) is 1.73. The van der Waals surface area contributed by atoms with Crippen LogP contribution in [-0.4, -0.2) is 54.1 Å². The normalized spacial score (nSPS) is 13.9. The fraction of sp³-hybridized carbons (Fsp3) is 0.318. The molecule has 156 valence electrons. The minimum atomic E-state index is 0.120. The summed E-state index contributed by atoms with van der Waals surface area (Å²) >= 11 is 1.49. The molecule has 0 unspecified atom stereocenters. The van der Waals surface area contributed by atoms with Crippen LogP contribution in [0.1, 0.15) is 11.3 Å². The fourth-order valence-electron chi connectivity index (χ4n) is 3.43. The largest absolute Gasteiger partial charge is 0.497 e. The molecule has 30 heavy (non-hydrogen) atoms. The molecule has 1 N–H and O–H groups in total. The molecule has 3 aromatic rings. The van der Waals surface area contributed by atoms with E-state index >= 15 is 0 Å². The van der Waals surface area contributed by atoms with Crippen molar-refractivity contribution in [3.63, 3.8) is 0 Å². The Morgan fingerprint density at radius 3 is 2.63 bits per heavy atom. The van der Waals surface area contributed by atoms with E-state index < -0.39 is 0 Å². The number of rotatable bonds is 6. The summed E-state index contributed by atoms with van der Waals surface area (Å²) in [7, 11) is 1.67. The molecule has 4 rings (SSSR count). The second kappa shape index (κ2) is 9.13. The fourth-order valence-corrected chi connectivity index (χ4v) is 4.15. The highest BCUT2D eigenvalue weighted by molar-refractivity contribution is 7.13. The van der Waals surface area contributed by atoms with Crippen molar-refractivity contribution in [3.8, 4) is 5.75 Å². The third kappa shape index (κ3) is 4.88. The Bertz CT molecular complexity index is 997. The van der Waals surface area contributed by atoms with E-state index in [4.69, 9.17) is 4.74 Å². The highest BCUT2D eigenvalue weighted by Gasteiger charge is 2.22. The van der Waals surface area contributed by atoms with Gasteiger partial charge in [0.05, 0.1) is 19.2 Å². The Morgan fingerprint density at radius 2 is 1.93 bits per heavy atom. The number of anilines is 3. The molecule has 0 saturated carbocycles. The standard InChI is InChI=1S/C22H25N5O2S/c1-16-7-8-23-20(13-16)25-22-24-17(15-30-22)14-21(28)27-11-9-26(10-12-27)18-3-5-19(29-2)6-4-18/h3-8,13,15H,9-12,14H2,1-2H3,(H,23,24,25). The molecule has 7 nitrogen and oxygen atoms in total. The maximum Gasteiger partial charge on any atom is 0.228 e. The summed E-state index contributed by atoms with van der Waals surface area (Å²) in [6.07, 6.45) is 2.09. The lowest BCUT2D eigenvalue weighted by Crippen LogP contribution is -2.49. The van der Waals surface area contributed by atoms with Crippen LogP contribution in [0.3, 0.4) is 0 Å². The quantitative estimate of drug-likeness (QED) is 0.655. The highest BCUT2D eigenvalue weighted by Crippen LogP contribution is 2.22. The first-order valence-corrected chi connectivity index (χ1v) is 10.8. The van der Waals surface area contributed by atoms with Crippen LogP contribution >= 0.6 is 11.3 Å². The van der Waals surface area contributed by atoms with Gasteiger partial charge in [-0.25, -0.2) is 9.97 Å². The zero-order valence-electron chi connectivity index (χ0n) is 17.2. The zero-order valence-corrected chi connectivity index (χ0v) is 18.0. The number of hydrogen-bond donors (Lipinski definition) is 1. The minimum Gasteiger partial charge on any atom is -0.497 e. The Morgan fingerprint density at radius 1 is 1.17 bits per heavy atom. The van der Waals surface area contributed by atoms with Crippen LogP contribution < -0.4 is 15.0 Å². The van der Waals surface area contributed by atoms with Gasteiger partial charge in [0.15, 0.2) is 5.13 Å². The Balaban J connectivity index is 1.29. The third-order valence-electron chi connectivity index (χ3n) is 5.10. The second-order valence-electron chi connectivity index (χ2n) is 7.23. The van der Waals surface area contributed by atoms with Gasteiger partial charge < -0.3 is 19.9 Å². The van der Waals surface area contributed by atoms with Gasteiger partial charge in [-0.15, -0.1) is 11.3 Å². The van der Waals surface area contributed by atoms with E-state index in [0.717, 1.165) is 46.7 Å². The molecule has 1 amide bonds. The molecule has 0 bridgehead atoms. The number of carbonyl (C=O) groups is 1. The molecule has 1 aliphatic rings.